The average molecular weight is 481 g/mol. The van der Waals surface area contributed by atoms with Crippen molar-refractivity contribution in [2.45, 2.75) is 26.4 Å². The van der Waals surface area contributed by atoms with Gasteiger partial charge in [-0.05, 0) is 13.3 Å². The molecule has 3 N–H and O–H groups in total. The molecule has 31 heavy (non-hydrogen) atoms. The maximum Gasteiger partial charge on any atom is 0.394 e. The Balaban J connectivity index is 0. The van der Waals surface area contributed by atoms with Gasteiger partial charge >= 0.3 is 10.4 Å². The summed E-state index contributed by atoms with van der Waals surface area (Å²) < 4.78 is 69.0. The van der Waals surface area contributed by atoms with E-state index in [1.165, 1.54) is 0 Å². The first-order chi connectivity index (χ1) is 14.8. The van der Waals surface area contributed by atoms with Crippen molar-refractivity contribution in [2.75, 3.05) is 92.5 Å². The van der Waals surface area contributed by atoms with E-state index in [0.717, 1.165) is 6.42 Å². The van der Waals surface area contributed by atoms with E-state index in [2.05, 4.69) is 13.8 Å². The summed E-state index contributed by atoms with van der Waals surface area (Å²) in [6.07, 6.45) is 1.31. The molecule has 0 spiro atoms. The molecule has 13 heteroatoms. The molecule has 0 aromatic heterocycles. The minimum atomic E-state index is -4.67. The minimum Gasteiger partial charge on any atom is -0.394 e. The molecule has 0 fully saturated rings. The van der Waals surface area contributed by atoms with Crippen LogP contribution in [0.5, 0.6) is 0 Å². The van der Waals surface area contributed by atoms with Gasteiger partial charge in [0.1, 0.15) is 0 Å². The first-order valence-corrected chi connectivity index (χ1v) is 11.6. The van der Waals surface area contributed by atoms with Crippen LogP contribution in [0.1, 0.15) is 20.3 Å². The van der Waals surface area contributed by atoms with Gasteiger partial charge in [-0.3, -0.25) is 9.11 Å². The third kappa shape index (κ3) is 40.4. The van der Waals surface area contributed by atoms with Gasteiger partial charge in [0.15, 0.2) is 0 Å². The summed E-state index contributed by atoms with van der Waals surface area (Å²) in [6.45, 7) is 11.1. The van der Waals surface area contributed by atoms with E-state index in [4.69, 9.17) is 55.8 Å². The van der Waals surface area contributed by atoms with Crippen molar-refractivity contribution < 1.29 is 55.8 Å². The average Bonchev–Trinajstić information content (AvgIpc) is 2.71. The van der Waals surface area contributed by atoms with E-state index in [1.807, 2.05) is 0 Å². The third-order valence-corrected chi connectivity index (χ3v) is 3.30. The highest BCUT2D eigenvalue weighted by Gasteiger charge is 1.97. The topological polar surface area (TPSA) is 159 Å². The van der Waals surface area contributed by atoms with Crippen molar-refractivity contribution in [1.82, 2.24) is 0 Å². The molecular formula is C18H40O12S. The second-order valence-corrected chi connectivity index (χ2v) is 6.83. The van der Waals surface area contributed by atoms with Crippen LogP contribution in [-0.4, -0.2) is 121 Å². The molecule has 1 unspecified atom stereocenters. The van der Waals surface area contributed by atoms with Gasteiger partial charge in [-0.1, -0.05) is 6.92 Å². The van der Waals surface area contributed by atoms with Crippen LogP contribution in [0.15, 0.2) is 0 Å². The molecule has 0 amide bonds. The standard InChI is InChI=1S/C18H38O8.H2O4S/c1-3-18(2)26-17-16-25-15-14-24-13-12-23-11-10-22-9-8-21-7-6-20-5-4-19;1-5(2,3)4/h18-19H,3-17H2,1-2H3;(H2,1,2,3,4). The summed E-state index contributed by atoms with van der Waals surface area (Å²) >= 11 is 0. The molecule has 0 heterocycles. The summed E-state index contributed by atoms with van der Waals surface area (Å²) in [4.78, 5) is 0. The van der Waals surface area contributed by atoms with Gasteiger partial charge < -0.3 is 38.3 Å². The Bertz CT molecular complexity index is 427. The van der Waals surface area contributed by atoms with Gasteiger partial charge in [0.25, 0.3) is 0 Å². The van der Waals surface area contributed by atoms with E-state index in [0.29, 0.717) is 92.0 Å². The number of hydrogen-bond acceptors (Lipinski definition) is 10. The highest BCUT2D eigenvalue weighted by molar-refractivity contribution is 7.79. The highest BCUT2D eigenvalue weighted by Crippen LogP contribution is 1.94. The summed E-state index contributed by atoms with van der Waals surface area (Å²) in [5.41, 5.74) is 0. The Morgan fingerprint density at radius 1 is 0.613 bits per heavy atom. The van der Waals surface area contributed by atoms with Crippen LogP contribution in [0.25, 0.3) is 0 Å². The van der Waals surface area contributed by atoms with E-state index < -0.39 is 10.4 Å². The van der Waals surface area contributed by atoms with Gasteiger partial charge in [-0.2, -0.15) is 8.42 Å². The van der Waals surface area contributed by atoms with Crippen LogP contribution in [0.4, 0.5) is 0 Å². The summed E-state index contributed by atoms with van der Waals surface area (Å²) in [6, 6.07) is 0. The number of ether oxygens (including phenoxy) is 7. The predicted molar refractivity (Wildman–Crippen MR) is 112 cm³/mol. The van der Waals surface area contributed by atoms with Crippen LogP contribution >= 0.6 is 0 Å². The van der Waals surface area contributed by atoms with Crippen molar-refractivity contribution in [3.05, 3.63) is 0 Å². The number of aliphatic hydroxyl groups excluding tert-OH is 1. The summed E-state index contributed by atoms with van der Waals surface area (Å²) in [7, 11) is -4.67. The van der Waals surface area contributed by atoms with Crippen molar-refractivity contribution in [1.29, 1.82) is 0 Å². The lowest BCUT2D eigenvalue weighted by atomic mass is 10.3. The molecule has 0 bridgehead atoms. The lowest BCUT2D eigenvalue weighted by Crippen LogP contribution is -2.15. The van der Waals surface area contributed by atoms with Crippen molar-refractivity contribution in [3.8, 4) is 0 Å². The molecule has 0 aromatic rings. The van der Waals surface area contributed by atoms with Crippen molar-refractivity contribution in [2.24, 2.45) is 0 Å². The SMILES string of the molecule is CCC(C)OCCOCCOCCOCCOCCOCCOCCO.O=S(=O)(O)O. The molecule has 0 aliphatic rings. The normalized spacial score (nSPS) is 12.4. The minimum absolute atomic E-state index is 0.0376. The largest absolute Gasteiger partial charge is 0.394 e. The maximum atomic E-state index is 8.74. The zero-order valence-corrected chi connectivity index (χ0v) is 19.4. The lowest BCUT2D eigenvalue weighted by molar-refractivity contribution is -0.0259. The first kappa shape index (κ1) is 32.7. The number of hydrogen-bond donors (Lipinski definition) is 3. The molecule has 0 aliphatic heterocycles. The molecule has 1 atom stereocenters. The Morgan fingerprint density at radius 3 is 1.13 bits per heavy atom. The van der Waals surface area contributed by atoms with Crippen LogP contribution in [0.3, 0.4) is 0 Å². The van der Waals surface area contributed by atoms with Crippen molar-refractivity contribution >= 4 is 10.4 Å². The van der Waals surface area contributed by atoms with E-state index in [1.54, 1.807) is 0 Å². The fourth-order valence-electron chi connectivity index (χ4n) is 1.69. The molecule has 0 radical (unpaired) electrons. The van der Waals surface area contributed by atoms with Gasteiger partial charge in [0, 0.05) is 0 Å². The second kappa shape index (κ2) is 25.8. The third-order valence-electron chi connectivity index (χ3n) is 3.30. The number of aliphatic hydroxyl groups is 1. The monoisotopic (exact) mass is 480 g/mol. The van der Waals surface area contributed by atoms with Gasteiger partial charge in [-0.25, -0.2) is 0 Å². The molecule has 0 saturated heterocycles. The van der Waals surface area contributed by atoms with Crippen LogP contribution in [-0.2, 0) is 43.6 Å². The van der Waals surface area contributed by atoms with Gasteiger partial charge in [-0.15, -0.1) is 0 Å². The summed E-state index contributed by atoms with van der Waals surface area (Å²) in [5.74, 6) is 0. The zero-order chi connectivity index (χ0) is 23.6. The van der Waals surface area contributed by atoms with Gasteiger partial charge in [0.05, 0.1) is 98.6 Å². The van der Waals surface area contributed by atoms with Gasteiger partial charge in [0.2, 0.25) is 0 Å². The molecule has 0 aromatic carbocycles. The van der Waals surface area contributed by atoms with Crippen LogP contribution in [0, 0.1) is 0 Å². The highest BCUT2D eigenvalue weighted by atomic mass is 32.3. The smallest absolute Gasteiger partial charge is 0.394 e. The Kier molecular flexibility index (Phi) is 27.2. The van der Waals surface area contributed by atoms with Crippen LogP contribution in [0.2, 0.25) is 0 Å². The molecule has 12 nitrogen and oxygen atoms in total. The Labute approximate surface area is 185 Å². The molecule has 0 saturated carbocycles. The van der Waals surface area contributed by atoms with Crippen molar-refractivity contribution in [3.63, 3.8) is 0 Å². The number of rotatable bonds is 22. The Hall–Kier alpha value is -0.450. The molecule has 0 rings (SSSR count). The fourth-order valence-corrected chi connectivity index (χ4v) is 1.69. The van der Waals surface area contributed by atoms with E-state index >= 15 is 0 Å². The molecule has 0 aliphatic carbocycles. The maximum absolute atomic E-state index is 8.74. The molecular weight excluding hydrogens is 440 g/mol. The zero-order valence-electron chi connectivity index (χ0n) is 18.6. The van der Waals surface area contributed by atoms with E-state index in [-0.39, 0.29) is 6.61 Å². The lowest BCUT2D eigenvalue weighted by Gasteiger charge is -2.10. The van der Waals surface area contributed by atoms with Crippen LogP contribution < -0.4 is 0 Å². The first-order valence-electron chi connectivity index (χ1n) is 10.2. The van der Waals surface area contributed by atoms with E-state index in [9.17, 15) is 0 Å². The molecule has 190 valence electrons. The Morgan fingerprint density at radius 2 is 0.871 bits per heavy atom. The second-order valence-electron chi connectivity index (χ2n) is 5.94. The summed E-state index contributed by atoms with van der Waals surface area (Å²) in [5, 5.41) is 8.52. The quantitative estimate of drug-likeness (QED) is 0.143. The fraction of sp³-hybridized carbons (Fsp3) is 1.00. The predicted octanol–water partition coefficient (Wildman–Crippen LogP) is 0.241.